The maximum atomic E-state index is 13.6. The maximum Gasteiger partial charge on any atom is 0.269 e. The van der Waals surface area contributed by atoms with Crippen molar-refractivity contribution in [3.63, 3.8) is 0 Å². The van der Waals surface area contributed by atoms with Gasteiger partial charge in [0.2, 0.25) is 5.91 Å². The van der Waals surface area contributed by atoms with Gasteiger partial charge in [-0.1, -0.05) is 36.6 Å². The number of amides is 1. The van der Waals surface area contributed by atoms with Gasteiger partial charge in [0.25, 0.3) is 5.69 Å². The zero-order valence-electron chi connectivity index (χ0n) is 16.6. The summed E-state index contributed by atoms with van der Waals surface area (Å²) in [5.41, 5.74) is 1.75. The minimum atomic E-state index is -0.695. The van der Waals surface area contributed by atoms with Crippen LogP contribution in [0.1, 0.15) is 31.2 Å². The lowest BCUT2D eigenvalue weighted by Crippen LogP contribution is -2.39. The number of nitro benzene ring substituents is 1. The van der Waals surface area contributed by atoms with Crippen molar-refractivity contribution in [1.29, 1.82) is 0 Å². The molecule has 0 aromatic heterocycles. The van der Waals surface area contributed by atoms with Gasteiger partial charge >= 0.3 is 0 Å². The van der Waals surface area contributed by atoms with Gasteiger partial charge in [-0.3, -0.25) is 14.9 Å². The molecule has 2 fully saturated rings. The highest BCUT2D eigenvalue weighted by Gasteiger charge is 2.43. The van der Waals surface area contributed by atoms with Crippen LogP contribution in [0.4, 0.5) is 17.1 Å². The minimum absolute atomic E-state index is 0.0248. The molecule has 0 atom stereocenters. The van der Waals surface area contributed by atoms with Crippen LogP contribution in [0, 0.1) is 10.1 Å². The molecule has 1 amide bonds. The van der Waals surface area contributed by atoms with Crippen molar-refractivity contribution >= 4 is 34.6 Å². The summed E-state index contributed by atoms with van der Waals surface area (Å²) in [5.74, 6) is -0.0920. The van der Waals surface area contributed by atoms with E-state index in [1.165, 1.54) is 12.1 Å². The molecule has 1 N–H and O–H groups in total. The predicted octanol–water partition coefficient (Wildman–Crippen LogP) is 4.54. The third-order valence-electron chi connectivity index (χ3n) is 6.08. The van der Waals surface area contributed by atoms with E-state index in [1.807, 2.05) is 12.1 Å². The number of rotatable bonds is 5. The average Bonchev–Trinajstić information content (AvgIpc) is 3.26. The van der Waals surface area contributed by atoms with Gasteiger partial charge in [0.05, 0.1) is 34.9 Å². The van der Waals surface area contributed by atoms with Crippen LogP contribution >= 0.6 is 11.6 Å². The molecule has 0 spiro atoms. The molecule has 1 heterocycles. The normalized spacial score (nSPS) is 18.2. The van der Waals surface area contributed by atoms with Crippen LogP contribution in [0.15, 0.2) is 42.5 Å². The van der Waals surface area contributed by atoms with Gasteiger partial charge < -0.3 is 15.0 Å². The van der Waals surface area contributed by atoms with Crippen molar-refractivity contribution in [3.05, 3.63) is 63.2 Å². The minimum Gasteiger partial charge on any atom is -0.378 e. The fourth-order valence-electron chi connectivity index (χ4n) is 4.46. The predicted molar refractivity (Wildman–Crippen MR) is 116 cm³/mol. The topological polar surface area (TPSA) is 84.7 Å². The molecule has 0 unspecified atom stereocenters. The lowest BCUT2D eigenvalue weighted by atomic mass is 9.78. The second-order valence-electron chi connectivity index (χ2n) is 7.81. The Bertz CT molecular complexity index is 936. The van der Waals surface area contributed by atoms with Gasteiger partial charge in [0, 0.05) is 30.2 Å². The lowest BCUT2D eigenvalue weighted by Gasteiger charge is -2.32. The average molecular weight is 430 g/mol. The standard InChI is InChI=1S/C22H24ClN3O4/c23-17-5-8-20(25-11-13-30-14-12-25)19(15-17)24-21(27)22(9-1-2-10-22)16-3-6-18(7-4-16)26(28)29/h3-8,15H,1-2,9-14H2,(H,24,27). The second-order valence-corrected chi connectivity index (χ2v) is 8.24. The first-order valence-electron chi connectivity index (χ1n) is 10.2. The molecule has 1 aliphatic carbocycles. The van der Waals surface area contributed by atoms with Crippen LogP contribution in [0.2, 0.25) is 5.02 Å². The summed E-state index contributed by atoms with van der Waals surface area (Å²) in [6.45, 7) is 2.78. The summed E-state index contributed by atoms with van der Waals surface area (Å²) in [5, 5.41) is 14.7. The molecule has 8 heteroatoms. The number of morpholine rings is 1. The number of hydrogen-bond acceptors (Lipinski definition) is 5. The SMILES string of the molecule is O=C(Nc1cc(Cl)ccc1N1CCOCC1)C1(c2ccc([N+](=O)[O-])cc2)CCCC1. The third kappa shape index (κ3) is 4.00. The van der Waals surface area contributed by atoms with Crippen molar-refractivity contribution in [2.75, 3.05) is 36.5 Å². The largest absolute Gasteiger partial charge is 0.378 e. The number of carbonyl (C=O) groups is 1. The number of nitro groups is 1. The summed E-state index contributed by atoms with van der Waals surface area (Å²) in [6, 6.07) is 11.9. The van der Waals surface area contributed by atoms with Crippen molar-refractivity contribution in [1.82, 2.24) is 0 Å². The number of nitrogens with one attached hydrogen (secondary N) is 1. The van der Waals surface area contributed by atoms with E-state index in [0.717, 1.165) is 37.2 Å². The fraction of sp³-hybridized carbons (Fsp3) is 0.409. The van der Waals surface area contributed by atoms with Gasteiger partial charge in [-0.15, -0.1) is 0 Å². The Labute approximate surface area is 180 Å². The number of nitrogens with zero attached hydrogens (tertiary/aromatic N) is 2. The van der Waals surface area contributed by atoms with E-state index in [-0.39, 0.29) is 11.6 Å². The number of hydrogen-bond donors (Lipinski definition) is 1. The van der Waals surface area contributed by atoms with E-state index in [0.29, 0.717) is 36.8 Å². The first-order valence-corrected chi connectivity index (χ1v) is 10.6. The highest BCUT2D eigenvalue weighted by atomic mass is 35.5. The van der Waals surface area contributed by atoms with E-state index in [4.69, 9.17) is 16.3 Å². The molecule has 7 nitrogen and oxygen atoms in total. The van der Waals surface area contributed by atoms with Crippen LogP contribution in [0.25, 0.3) is 0 Å². The summed E-state index contributed by atoms with van der Waals surface area (Å²) in [6.07, 6.45) is 3.31. The van der Waals surface area contributed by atoms with Gasteiger partial charge in [-0.05, 0) is 36.6 Å². The van der Waals surface area contributed by atoms with Crippen LogP contribution in [-0.2, 0) is 14.9 Å². The van der Waals surface area contributed by atoms with Crippen molar-refractivity contribution in [3.8, 4) is 0 Å². The number of carbonyl (C=O) groups excluding carboxylic acids is 1. The number of ether oxygens (including phenoxy) is 1. The Hall–Kier alpha value is -2.64. The van der Waals surface area contributed by atoms with Crippen molar-refractivity contribution in [2.45, 2.75) is 31.1 Å². The Kier molecular flexibility index (Phi) is 5.92. The molecule has 4 rings (SSSR count). The first-order chi connectivity index (χ1) is 14.5. The van der Waals surface area contributed by atoms with E-state index in [9.17, 15) is 14.9 Å². The van der Waals surface area contributed by atoms with Crippen LogP contribution in [-0.4, -0.2) is 37.1 Å². The summed E-state index contributed by atoms with van der Waals surface area (Å²) >= 11 is 6.24. The van der Waals surface area contributed by atoms with Gasteiger partial charge in [-0.2, -0.15) is 0 Å². The number of halogens is 1. The molecule has 0 radical (unpaired) electrons. The van der Waals surface area contributed by atoms with Gasteiger partial charge in [0.1, 0.15) is 0 Å². The maximum absolute atomic E-state index is 13.6. The summed E-state index contributed by atoms with van der Waals surface area (Å²) < 4.78 is 5.44. The van der Waals surface area contributed by atoms with Crippen molar-refractivity contribution < 1.29 is 14.5 Å². The smallest absolute Gasteiger partial charge is 0.269 e. The Morgan fingerprint density at radius 1 is 1.10 bits per heavy atom. The zero-order valence-corrected chi connectivity index (χ0v) is 17.4. The second kappa shape index (κ2) is 8.62. The molecule has 1 saturated heterocycles. The Morgan fingerprint density at radius 3 is 2.40 bits per heavy atom. The molecule has 2 aromatic carbocycles. The van der Waals surface area contributed by atoms with Crippen LogP contribution in [0.3, 0.4) is 0 Å². The van der Waals surface area contributed by atoms with E-state index in [1.54, 1.807) is 18.2 Å². The number of non-ortho nitro benzene ring substituents is 1. The molecule has 1 saturated carbocycles. The lowest BCUT2D eigenvalue weighted by molar-refractivity contribution is -0.384. The monoisotopic (exact) mass is 429 g/mol. The van der Waals surface area contributed by atoms with Crippen LogP contribution < -0.4 is 10.2 Å². The van der Waals surface area contributed by atoms with Gasteiger partial charge in [-0.25, -0.2) is 0 Å². The highest BCUT2D eigenvalue weighted by molar-refractivity contribution is 6.31. The third-order valence-corrected chi connectivity index (χ3v) is 6.32. The molecular weight excluding hydrogens is 406 g/mol. The quantitative estimate of drug-likeness (QED) is 0.557. The summed E-state index contributed by atoms with van der Waals surface area (Å²) in [7, 11) is 0. The molecular formula is C22H24ClN3O4. The molecule has 2 aliphatic rings. The summed E-state index contributed by atoms with van der Waals surface area (Å²) in [4.78, 5) is 26.3. The zero-order chi connectivity index (χ0) is 21.1. The van der Waals surface area contributed by atoms with Crippen LogP contribution in [0.5, 0.6) is 0 Å². The first kappa shape index (κ1) is 20.6. The molecule has 30 heavy (non-hydrogen) atoms. The fourth-order valence-corrected chi connectivity index (χ4v) is 4.63. The number of benzene rings is 2. The van der Waals surface area contributed by atoms with Crippen molar-refractivity contribution in [2.24, 2.45) is 0 Å². The Morgan fingerprint density at radius 2 is 1.77 bits per heavy atom. The molecule has 158 valence electrons. The highest BCUT2D eigenvalue weighted by Crippen LogP contribution is 2.43. The van der Waals surface area contributed by atoms with E-state index < -0.39 is 10.3 Å². The van der Waals surface area contributed by atoms with E-state index in [2.05, 4.69) is 10.2 Å². The molecule has 0 bridgehead atoms. The van der Waals surface area contributed by atoms with E-state index >= 15 is 0 Å². The molecule has 2 aromatic rings. The number of anilines is 2. The van der Waals surface area contributed by atoms with Gasteiger partial charge in [0.15, 0.2) is 0 Å². The molecule has 1 aliphatic heterocycles. The Balaban J connectivity index is 1.64.